The average molecular weight is 337 g/mol. The number of hydrogen-bond acceptors (Lipinski definition) is 3. The Labute approximate surface area is 144 Å². The molecule has 0 spiro atoms. The van der Waals surface area contributed by atoms with Crippen molar-refractivity contribution in [1.82, 2.24) is 14.9 Å². The van der Waals surface area contributed by atoms with Crippen molar-refractivity contribution in [2.24, 2.45) is 0 Å². The van der Waals surface area contributed by atoms with Crippen molar-refractivity contribution in [3.05, 3.63) is 58.7 Å². The van der Waals surface area contributed by atoms with Crippen LogP contribution < -0.4 is 0 Å². The summed E-state index contributed by atoms with van der Waals surface area (Å²) in [6.07, 6.45) is 6.67. The highest BCUT2D eigenvalue weighted by atomic mass is 32.1. The fourth-order valence-corrected chi connectivity index (χ4v) is 3.87. The summed E-state index contributed by atoms with van der Waals surface area (Å²) in [5.74, 6) is 0.0614. The smallest absolute Gasteiger partial charge is 0.247 e. The van der Waals surface area contributed by atoms with Gasteiger partial charge in [0.25, 0.3) is 0 Å². The molecule has 24 heavy (non-hydrogen) atoms. The van der Waals surface area contributed by atoms with E-state index in [-0.39, 0.29) is 11.9 Å². The van der Waals surface area contributed by atoms with Gasteiger partial charge in [0.2, 0.25) is 5.91 Å². The second-order valence-electron chi connectivity index (χ2n) is 6.10. The van der Waals surface area contributed by atoms with E-state index in [1.165, 1.54) is 16.7 Å². The van der Waals surface area contributed by atoms with E-state index in [2.05, 4.69) is 28.2 Å². The minimum absolute atomic E-state index is 0.0614. The molecule has 0 unspecified atom stereocenters. The average Bonchev–Trinajstić information content (AvgIpc) is 3.29. The van der Waals surface area contributed by atoms with Crippen LogP contribution in [-0.4, -0.2) is 27.3 Å². The van der Waals surface area contributed by atoms with Gasteiger partial charge in [-0.3, -0.25) is 4.79 Å². The molecule has 3 heterocycles. The first-order valence-corrected chi connectivity index (χ1v) is 9.20. The maximum Gasteiger partial charge on any atom is 0.247 e. The zero-order valence-corrected chi connectivity index (χ0v) is 14.1. The minimum Gasteiger partial charge on any atom is -0.357 e. The van der Waals surface area contributed by atoms with Crippen molar-refractivity contribution in [1.29, 1.82) is 0 Å². The molecule has 2 aromatic heterocycles. The molecule has 1 atom stereocenters. The predicted molar refractivity (Wildman–Crippen MR) is 97.8 cm³/mol. The van der Waals surface area contributed by atoms with Crippen molar-refractivity contribution < 1.29 is 4.79 Å². The van der Waals surface area contributed by atoms with Crippen LogP contribution in [0.2, 0.25) is 0 Å². The summed E-state index contributed by atoms with van der Waals surface area (Å²) < 4.78 is 0. The normalized spacial score (nSPS) is 18.5. The number of carbonyl (C=O) groups is 1. The lowest BCUT2D eigenvalue weighted by Gasteiger charge is -2.34. The number of nitrogens with one attached hydrogen (secondary N) is 1. The molecule has 1 aliphatic heterocycles. The molecule has 0 radical (unpaired) electrons. The Morgan fingerprint density at radius 1 is 1.33 bits per heavy atom. The van der Waals surface area contributed by atoms with Crippen LogP contribution in [0.15, 0.2) is 47.3 Å². The Morgan fingerprint density at radius 2 is 2.25 bits per heavy atom. The number of benzene rings is 1. The Balaban J connectivity index is 1.59. The van der Waals surface area contributed by atoms with Crippen molar-refractivity contribution in [2.75, 3.05) is 6.54 Å². The maximum atomic E-state index is 12.7. The number of para-hydroxylation sites is 1. The summed E-state index contributed by atoms with van der Waals surface area (Å²) >= 11 is 1.53. The van der Waals surface area contributed by atoms with Crippen molar-refractivity contribution in [3.8, 4) is 0 Å². The zero-order chi connectivity index (χ0) is 16.4. The Hall–Kier alpha value is -2.40. The van der Waals surface area contributed by atoms with Gasteiger partial charge in [0.1, 0.15) is 0 Å². The molecule has 1 aromatic carbocycles. The molecule has 0 aliphatic carbocycles. The molecular weight excluding hydrogens is 318 g/mol. The van der Waals surface area contributed by atoms with Crippen LogP contribution in [0.4, 0.5) is 0 Å². The highest BCUT2D eigenvalue weighted by Gasteiger charge is 2.27. The van der Waals surface area contributed by atoms with Gasteiger partial charge in [-0.05, 0) is 42.9 Å². The molecular formula is C19H19N3OS. The number of piperidine rings is 1. The van der Waals surface area contributed by atoms with Gasteiger partial charge < -0.3 is 9.88 Å². The predicted octanol–water partition coefficient (Wildman–Crippen LogP) is 4.39. The summed E-state index contributed by atoms with van der Waals surface area (Å²) in [5, 5.41) is 3.14. The van der Waals surface area contributed by atoms with Crippen LogP contribution in [0.25, 0.3) is 17.0 Å². The fraction of sp³-hybridized carbons (Fsp3) is 0.263. The molecule has 1 saturated heterocycles. The number of fused-ring (bicyclic) bond motifs is 1. The molecule has 4 rings (SSSR count). The second kappa shape index (κ2) is 6.61. The first-order valence-electron chi connectivity index (χ1n) is 8.26. The molecule has 1 aliphatic rings. The number of hydrogen-bond donors (Lipinski definition) is 1. The molecule has 0 bridgehead atoms. The second-order valence-corrected chi connectivity index (χ2v) is 6.82. The maximum absolute atomic E-state index is 12.7. The number of likely N-dealkylation sites (tertiary alicyclic amines) is 1. The molecule has 1 fully saturated rings. The van der Waals surface area contributed by atoms with E-state index in [0.717, 1.165) is 42.7 Å². The van der Waals surface area contributed by atoms with Crippen molar-refractivity contribution >= 4 is 34.2 Å². The van der Waals surface area contributed by atoms with E-state index in [1.54, 1.807) is 17.7 Å². The summed E-state index contributed by atoms with van der Waals surface area (Å²) in [7, 11) is 0. The lowest BCUT2D eigenvalue weighted by Crippen LogP contribution is -2.37. The summed E-state index contributed by atoms with van der Waals surface area (Å²) in [5.41, 5.74) is 4.88. The van der Waals surface area contributed by atoms with E-state index in [0.29, 0.717) is 0 Å². The van der Waals surface area contributed by atoms with Crippen molar-refractivity contribution in [3.63, 3.8) is 0 Å². The quantitative estimate of drug-likeness (QED) is 0.721. The van der Waals surface area contributed by atoms with E-state index in [4.69, 9.17) is 0 Å². The number of H-pyrrole nitrogens is 1. The van der Waals surface area contributed by atoms with Crippen LogP contribution in [0.3, 0.4) is 0 Å². The number of thiazole rings is 1. The van der Waals surface area contributed by atoms with Crippen LogP contribution in [-0.2, 0) is 4.79 Å². The fourth-order valence-electron chi connectivity index (χ4n) is 3.35. The topological polar surface area (TPSA) is 49.0 Å². The van der Waals surface area contributed by atoms with E-state index in [1.807, 2.05) is 22.4 Å². The van der Waals surface area contributed by atoms with Crippen LogP contribution >= 0.6 is 11.3 Å². The van der Waals surface area contributed by atoms with Gasteiger partial charge >= 0.3 is 0 Å². The third-order valence-corrected chi connectivity index (χ3v) is 5.15. The van der Waals surface area contributed by atoms with Gasteiger partial charge in [-0.15, -0.1) is 11.3 Å². The number of amides is 1. The number of nitrogens with zero attached hydrogens (tertiary/aromatic N) is 2. The van der Waals surface area contributed by atoms with Crippen LogP contribution in [0, 0.1) is 0 Å². The number of aromatic amines is 1. The highest BCUT2D eigenvalue weighted by molar-refractivity contribution is 7.07. The molecule has 122 valence electrons. The molecule has 1 amide bonds. The lowest BCUT2D eigenvalue weighted by molar-refractivity contribution is -0.129. The Kier molecular flexibility index (Phi) is 4.17. The number of carbonyl (C=O) groups excluding carboxylic acids is 1. The summed E-state index contributed by atoms with van der Waals surface area (Å²) in [6, 6.07) is 10.6. The lowest BCUT2D eigenvalue weighted by atomic mass is 9.99. The first kappa shape index (κ1) is 15.1. The number of aromatic nitrogens is 2. The van der Waals surface area contributed by atoms with Gasteiger partial charge in [-0.25, -0.2) is 4.98 Å². The third-order valence-electron chi connectivity index (χ3n) is 4.54. The Morgan fingerprint density at radius 3 is 3.08 bits per heavy atom. The summed E-state index contributed by atoms with van der Waals surface area (Å²) in [6.45, 7) is 0.806. The summed E-state index contributed by atoms with van der Waals surface area (Å²) in [4.78, 5) is 22.4. The van der Waals surface area contributed by atoms with E-state index < -0.39 is 0 Å². The van der Waals surface area contributed by atoms with Crippen molar-refractivity contribution in [2.45, 2.75) is 25.3 Å². The molecule has 4 nitrogen and oxygen atoms in total. The zero-order valence-electron chi connectivity index (χ0n) is 13.3. The van der Waals surface area contributed by atoms with Gasteiger partial charge in [0.05, 0.1) is 17.2 Å². The van der Waals surface area contributed by atoms with Gasteiger partial charge in [-0.1, -0.05) is 18.2 Å². The van der Waals surface area contributed by atoms with Crippen LogP contribution in [0.5, 0.6) is 0 Å². The SMILES string of the molecule is O=C(/C=C\c1cscn1)N1CCCC[C@@H]1c1cc2ccccc2[nH]1. The van der Waals surface area contributed by atoms with Gasteiger partial charge in [-0.2, -0.15) is 0 Å². The van der Waals surface area contributed by atoms with Gasteiger partial charge in [0, 0.05) is 29.2 Å². The third kappa shape index (κ3) is 2.99. The molecule has 5 heteroatoms. The van der Waals surface area contributed by atoms with Crippen LogP contribution in [0.1, 0.15) is 36.7 Å². The number of rotatable bonds is 3. The highest BCUT2D eigenvalue weighted by Crippen LogP contribution is 2.32. The minimum atomic E-state index is 0.0614. The largest absolute Gasteiger partial charge is 0.357 e. The van der Waals surface area contributed by atoms with E-state index >= 15 is 0 Å². The molecule has 3 aromatic rings. The first-order chi connectivity index (χ1) is 11.8. The van der Waals surface area contributed by atoms with E-state index in [9.17, 15) is 4.79 Å². The molecule has 1 N–H and O–H groups in total. The monoisotopic (exact) mass is 337 g/mol. The van der Waals surface area contributed by atoms with Gasteiger partial charge in [0.15, 0.2) is 0 Å². The Bertz CT molecular complexity index is 833. The standard InChI is InChI=1S/C19H19N3OS/c23-19(9-8-15-12-24-13-20-15)22-10-4-3-7-18(22)17-11-14-5-1-2-6-16(14)21-17/h1-2,5-6,8-9,11-13,18,21H,3-4,7,10H2/b9-8-/t18-/m1/s1. The molecule has 0 saturated carbocycles.